The van der Waals surface area contributed by atoms with E-state index in [2.05, 4.69) is 25.3 Å². The predicted molar refractivity (Wildman–Crippen MR) is 69.9 cm³/mol. The molecule has 2 aromatic heterocycles. The van der Waals surface area contributed by atoms with Crippen LogP contribution in [0.2, 0.25) is 0 Å². The third kappa shape index (κ3) is 1.81. The standard InChI is InChI=1S/C12H16N6O2/c13-2-7(9-3-14-5-15-9)12(11(19)20)1-8-10(4-18-12)17-6-16-8/h3,5-7,18H,1-2,4,13H2,(H,14,15)(H,16,17)(H,19,20)/t7-,12-/m1/s1. The van der Waals surface area contributed by atoms with Crippen LogP contribution in [0.5, 0.6) is 0 Å². The fourth-order valence-corrected chi connectivity index (χ4v) is 2.82. The van der Waals surface area contributed by atoms with Gasteiger partial charge in [0, 0.05) is 37.3 Å². The Morgan fingerprint density at radius 2 is 2.35 bits per heavy atom. The maximum absolute atomic E-state index is 11.9. The molecule has 0 bridgehead atoms. The molecule has 3 rings (SSSR count). The first-order chi connectivity index (χ1) is 9.67. The third-order valence-corrected chi connectivity index (χ3v) is 3.94. The first-order valence-corrected chi connectivity index (χ1v) is 6.35. The van der Waals surface area contributed by atoms with E-state index >= 15 is 0 Å². The summed E-state index contributed by atoms with van der Waals surface area (Å²) in [6.45, 7) is 0.619. The number of aliphatic carboxylic acids is 1. The lowest BCUT2D eigenvalue weighted by atomic mass is 9.76. The van der Waals surface area contributed by atoms with Crippen molar-refractivity contribution in [3.63, 3.8) is 0 Å². The van der Waals surface area contributed by atoms with Gasteiger partial charge in [0.15, 0.2) is 0 Å². The van der Waals surface area contributed by atoms with Gasteiger partial charge in [-0.05, 0) is 0 Å². The van der Waals surface area contributed by atoms with Gasteiger partial charge in [-0.25, -0.2) is 9.97 Å². The van der Waals surface area contributed by atoms with Gasteiger partial charge >= 0.3 is 5.97 Å². The minimum atomic E-state index is -1.18. The van der Waals surface area contributed by atoms with Crippen LogP contribution in [0.15, 0.2) is 18.9 Å². The summed E-state index contributed by atoms with van der Waals surface area (Å²) >= 11 is 0. The van der Waals surface area contributed by atoms with Gasteiger partial charge in [-0.3, -0.25) is 10.1 Å². The topological polar surface area (TPSA) is 133 Å². The number of nitrogens with two attached hydrogens (primary N) is 1. The molecule has 0 aliphatic carbocycles. The smallest absolute Gasteiger partial charge is 0.325 e. The Hall–Kier alpha value is -2.19. The van der Waals surface area contributed by atoms with Crippen LogP contribution in [0, 0.1) is 0 Å². The number of aromatic nitrogens is 4. The monoisotopic (exact) mass is 276 g/mol. The molecule has 0 aromatic carbocycles. The minimum Gasteiger partial charge on any atom is -0.480 e. The molecule has 0 saturated carbocycles. The van der Waals surface area contributed by atoms with E-state index in [0.717, 1.165) is 11.4 Å². The Morgan fingerprint density at radius 3 is 3.00 bits per heavy atom. The van der Waals surface area contributed by atoms with Crippen molar-refractivity contribution < 1.29 is 9.90 Å². The minimum absolute atomic E-state index is 0.196. The number of carboxylic acid groups (broad SMARTS) is 1. The van der Waals surface area contributed by atoms with E-state index < -0.39 is 17.4 Å². The largest absolute Gasteiger partial charge is 0.480 e. The number of aromatic amines is 2. The number of carboxylic acids is 1. The van der Waals surface area contributed by atoms with Crippen LogP contribution in [0.25, 0.3) is 0 Å². The van der Waals surface area contributed by atoms with E-state index in [1.165, 1.54) is 6.33 Å². The summed E-state index contributed by atoms with van der Waals surface area (Å²) in [5.74, 6) is -1.34. The zero-order valence-electron chi connectivity index (χ0n) is 10.8. The molecule has 0 unspecified atom stereocenters. The number of rotatable bonds is 4. The number of H-pyrrole nitrogens is 2. The maximum Gasteiger partial charge on any atom is 0.325 e. The summed E-state index contributed by atoms with van der Waals surface area (Å²) in [6.07, 6.45) is 5.00. The molecular weight excluding hydrogens is 260 g/mol. The van der Waals surface area contributed by atoms with Gasteiger partial charge in [0.2, 0.25) is 0 Å². The van der Waals surface area contributed by atoms with E-state index in [1.54, 1.807) is 12.5 Å². The molecule has 0 spiro atoms. The molecule has 106 valence electrons. The van der Waals surface area contributed by atoms with Crippen molar-refractivity contribution >= 4 is 5.97 Å². The van der Waals surface area contributed by atoms with Crippen LogP contribution in [-0.4, -0.2) is 43.1 Å². The molecule has 1 aliphatic rings. The van der Waals surface area contributed by atoms with Crippen molar-refractivity contribution in [1.29, 1.82) is 0 Å². The van der Waals surface area contributed by atoms with Crippen LogP contribution in [0.4, 0.5) is 0 Å². The Labute approximate surface area is 114 Å². The van der Waals surface area contributed by atoms with E-state index in [9.17, 15) is 9.90 Å². The summed E-state index contributed by atoms with van der Waals surface area (Å²) in [6, 6.07) is 0. The number of nitrogens with zero attached hydrogens (tertiary/aromatic N) is 2. The van der Waals surface area contributed by atoms with E-state index in [1.807, 2.05) is 0 Å². The lowest BCUT2D eigenvalue weighted by Crippen LogP contribution is -2.61. The molecule has 1 aliphatic heterocycles. The zero-order chi connectivity index (χ0) is 14.2. The van der Waals surface area contributed by atoms with Gasteiger partial charge in [-0.15, -0.1) is 0 Å². The van der Waals surface area contributed by atoms with Gasteiger partial charge in [-0.1, -0.05) is 0 Å². The Morgan fingerprint density at radius 1 is 1.50 bits per heavy atom. The van der Waals surface area contributed by atoms with Crippen LogP contribution >= 0.6 is 0 Å². The highest BCUT2D eigenvalue weighted by atomic mass is 16.4. The second-order valence-electron chi connectivity index (χ2n) is 4.93. The highest BCUT2D eigenvalue weighted by molar-refractivity contribution is 5.81. The van der Waals surface area contributed by atoms with Gasteiger partial charge in [0.25, 0.3) is 0 Å². The van der Waals surface area contributed by atoms with Crippen molar-refractivity contribution in [2.45, 2.75) is 24.4 Å². The van der Waals surface area contributed by atoms with Crippen molar-refractivity contribution in [3.05, 3.63) is 35.9 Å². The number of fused-ring (bicyclic) bond motifs is 1. The highest BCUT2D eigenvalue weighted by Crippen LogP contribution is 2.33. The number of imidazole rings is 2. The lowest BCUT2D eigenvalue weighted by Gasteiger charge is -2.39. The summed E-state index contributed by atoms with van der Waals surface area (Å²) in [5.41, 5.74) is 7.05. The average molecular weight is 276 g/mol. The van der Waals surface area contributed by atoms with Crippen molar-refractivity contribution in [2.75, 3.05) is 6.54 Å². The Balaban J connectivity index is 2.03. The average Bonchev–Trinajstić information content (AvgIpc) is 3.09. The molecule has 8 nitrogen and oxygen atoms in total. The second-order valence-corrected chi connectivity index (χ2v) is 4.93. The molecule has 0 fully saturated rings. The molecule has 6 N–H and O–H groups in total. The Kier molecular flexibility index (Phi) is 3.03. The van der Waals surface area contributed by atoms with Crippen molar-refractivity contribution in [2.24, 2.45) is 5.73 Å². The molecule has 0 amide bonds. The molecule has 2 atom stereocenters. The normalized spacial score (nSPS) is 23.2. The fourth-order valence-electron chi connectivity index (χ4n) is 2.82. The van der Waals surface area contributed by atoms with Crippen molar-refractivity contribution in [1.82, 2.24) is 25.3 Å². The molecule has 0 saturated heterocycles. The molecule has 2 aromatic rings. The van der Waals surface area contributed by atoms with E-state index in [4.69, 9.17) is 5.73 Å². The van der Waals surface area contributed by atoms with Gasteiger partial charge < -0.3 is 20.8 Å². The zero-order valence-corrected chi connectivity index (χ0v) is 10.8. The third-order valence-electron chi connectivity index (χ3n) is 3.94. The number of hydrogen-bond donors (Lipinski definition) is 5. The molecule has 3 heterocycles. The first kappa shape index (κ1) is 12.8. The summed E-state index contributed by atoms with van der Waals surface area (Å²) in [7, 11) is 0. The maximum atomic E-state index is 11.9. The van der Waals surface area contributed by atoms with Gasteiger partial charge in [0.1, 0.15) is 5.54 Å². The van der Waals surface area contributed by atoms with Crippen LogP contribution in [0.3, 0.4) is 0 Å². The second kappa shape index (κ2) is 4.73. The van der Waals surface area contributed by atoms with E-state index in [-0.39, 0.29) is 13.0 Å². The molecule has 8 heteroatoms. The number of carbonyl (C=O) groups is 1. The van der Waals surface area contributed by atoms with Crippen LogP contribution in [-0.2, 0) is 17.8 Å². The van der Waals surface area contributed by atoms with Crippen LogP contribution < -0.4 is 11.1 Å². The summed E-state index contributed by atoms with van der Waals surface area (Å²) in [5, 5.41) is 12.9. The predicted octanol–water partition coefficient (Wildman–Crippen LogP) is -0.656. The first-order valence-electron chi connectivity index (χ1n) is 6.35. The van der Waals surface area contributed by atoms with E-state index in [0.29, 0.717) is 12.2 Å². The highest BCUT2D eigenvalue weighted by Gasteiger charge is 2.49. The fraction of sp³-hybridized carbons (Fsp3) is 0.417. The SMILES string of the molecule is NC[C@H](c1cnc[nH]1)[C@@]1(C(=O)O)Cc2nc[nH]c2CN1. The van der Waals surface area contributed by atoms with Gasteiger partial charge in [0.05, 0.1) is 24.0 Å². The van der Waals surface area contributed by atoms with Crippen LogP contribution in [0.1, 0.15) is 23.0 Å². The Bertz CT molecular complexity index is 607. The summed E-state index contributed by atoms with van der Waals surface area (Å²) < 4.78 is 0. The molecule has 0 radical (unpaired) electrons. The quantitative estimate of drug-likeness (QED) is 0.503. The summed E-state index contributed by atoms with van der Waals surface area (Å²) in [4.78, 5) is 26.0. The van der Waals surface area contributed by atoms with Crippen molar-refractivity contribution in [3.8, 4) is 0 Å². The number of nitrogens with one attached hydrogen (secondary N) is 3. The van der Waals surface area contributed by atoms with Gasteiger partial charge in [-0.2, -0.15) is 0 Å². The molecule has 20 heavy (non-hydrogen) atoms. The molecular formula is C12H16N6O2. The number of hydrogen-bond acceptors (Lipinski definition) is 5. The lowest BCUT2D eigenvalue weighted by molar-refractivity contribution is -0.146.